The van der Waals surface area contributed by atoms with Crippen LogP contribution >= 0.6 is 0 Å². The summed E-state index contributed by atoms with van der Waals surface area (Å²) in [7, 11) is 0. The number of rotatable bonds is 4. The van der Waals surface area contributed by atoms with Gasteiger partial charge in [0, 0.05) is 26.1 Å². The highest BCUT2D eigenvalue weighted by molar-refractivity contribution is 5.91. The molecule has 1 aromatic carbocycles. The van der Waals surface area contributed by atoms with Crippen LogP contribution in [0.3, 0.4) is 0 Å². The van der Waals surface area contributed by atoms with Crippen LogP contribution in [0.2, 0.25) is 0 Å². The number of carbonyl (C=O) groups is 1. The van der Waals surface area contributed by atoms with Crippen molar-refractivity contribution in [1.82, 2.24) is 24.6 Å². The molecule has 29 heavy (non-hydrogen) atoms. The number of amides is 1. The first-order valence-electron chi connectivity index (χ1n) is 10.9. The average molecular weight is 396 g/mol. The second-order valence-electron chi connectivity index (χ2n) is 8.32. The van der Waals surface area contributed by atoms with Crippen LogP contribution < -0.4 is 0 Å². The van der Waals surface area contributed by atoms with Gasteiger partial charge in [0.2, 0.25) is 5.82 Å². The number of ether oxygens (including phenoxy) is 1. The summed E-state index contributed by atoms with van der Waals surface area (Å²) in [5.41, 5.74) is 1.13. The van der Waals surface area contributed by atoms with E-state index in [0.717, 1.165) is 56.8 Å². The number of morpholine rings is 1. The van der Waals surface area contributed by atoms with E-state index >= 15 is 0 Å². The van der Waals surface area contributed by atoms with E-state index in [1.165, 1.54) is 12.8 Å². The number of fused-ring (bicyclic) bond motifs is 1. The normalized spacial score (nSPS) is 25.2. The molecule has 5 rings (SSSR count). The molecule has 154 valence electrons. The molecule has 4 heterocycles. The highest BCUT2D eigenvalue weighted by atomic mass is 16.5. The second-order valence-corrected chi connectivity index (χ2v) is 8.32. The van der Waals surface area contributed by atoms with Crippen molar-refractivity contribution in [3.8, 4) is 0 Å². The minimum Gasteiger partial charge on any atom is -0.373 e. The maximum atomic E-state index is 13.6. The Kier molecular flexibility index (Phi) is 5.33. The molecular weight excluding hydrogens is 366 g/mol. The summed E-state index contributed by atoms with van der Waals surface area (Å²) in [6, 6.07) is 10.2. The van der Waals surface area contributed by atoms with Crippen LogP contribution in [0.1, 0.15) is 53.7 Å². The summed E-state index contributed by atoms with van der Waals surface area (Å²) in [4.78, 5) is 18.1. The molecule has 1 amide bonds. The van der Waals surface area contributed by atoms with Crippen molar-refractivity contribution < 1.29 is 9.53 Å². The molecule has 0 radical (unpaired) electrons. The fraction of sp³-hybridized carbons (Fsp3) is 0.591. The fourth-order valence-electron chi connectivity index (χ4n) is 4.97. The molecule has 1 aromatic heterocycles. The molecule has 3 aliphatic rings. The summed E-state index contributed by atoms with van der Waals surface area (Å²) < 4.78 is 8.27. The summed E-state index contributed by atoms with van der Waals surface area (Å²) in [6.07, 6.45) is 5.57. The van der Waals surface area contributed by atoms with Gasteiger partial charge in [0.25, 0.3) is 5.91 Å². The smallest absolute Gasteiger partial charge is 0.292 e. The van der Waals surface area contributed by atoms with Crippen molar-refractivity contribution in [3.05, 3.63) is 47.5 Å². The van der Waals surface area contributed by atoms with Gasteiger partial charge in [-0.3, -0.25) is 4.79 Å². The Morgan fingerprint density at radius 3 is 2.62 bits per heavy atom. The number of hydrogen-bond donors (Lipinski definition) is 0. The lowest BCUT2D eigenvalue weighted by Crippen LogP contribution is -2.52. The standard InChI is InChI=1S/C22H29N5O2/c28-22(21-24-23-19-10-4-5-13-26(19)21)27-14-15-29-18(16-25-11-6-7-12-25)20(27)17-8-2-1-3-9-17/h1-3,8-9,18,20H,4-7,10-16H2/t18-,20-/m0/s1. The summed E-state index contributed by atoms with van der Waals surface area (Å²) in [6.45, 7) is 5.08. The molecule has 0 N–H and O–H groups in total. The average Bonchev–Trinajstić information content (AvgIpc) is 3.43. The predicted molar refractivity (Wildman–Crippen MR) is 109 cm³/mol. The van der Waals surface area contributed by atoms with Crippen LogP contribution in [-0.4, -0.2) is 69.4 Å². The van der Waals surface area contributed by atoms with Crippen molar-refractivity contribution >= 4 is 5.91 Å². The van der Waals surface area contributed by atoms with Crippen LogP contribution in [0, 0.1) is 0 Å². The Hall–Kier alpha value is -2.25. The maximum absolute atomic E-state index is 13.6. The van der Waals surface area contributed by atoms with E-state index in [0.29, 0.717) is 19.0 Å². The zero-order valence-electron chi connectivity index (χ0n) is 16.9. The van der Waals surface area contributed by atoms with Crippen LogP contribution in [-0.2, 0) is 17.7 Å². The monoisotopic (exact) mass is 395 g/mol. The van der Waals surface area contributed by atoms with Gasteiger partial charge >= 0.3 is 0 Å². The molecule has 0 aliphatic carbocycles. The van der Waals surface area contributed by atoms with E-state index in [1.807, 2.05) is 27.7 Å². The quantitative estimate of drug-likeness (QED) is 0.795. The van der Waals surface area contributed by atoms with E-state index in [-0.39, 0.29) is 18.1 Å². The van der Waals surface area contributed by atoms with Gasteiger partial charge < -0.3 is 19.1 Å². The molecule has 0 bridgehead atoms. The van der Waals surface area contributed by atoms with Crippen molar-refractivity contribution in [1.29, 1.82) is 0 Å². The Bertz CT molecular complexity index is 846. The number of benzene rings is 1. The fourth-order valence-corrected chi connectivity index (χ4v) is 4.97. The second kappa shape index (κ2) is 8.24. The molecule has 2 saturated heterocycles. The summed E-state index contributed by atoms with van der Waals surface area (Å²) in [5.74, 6) is 1.41. The maximum Gasteiger partial charge on any atom is 0.292 e. The lowest BCUT2D eigenvalue weighted by Gasteiger charge is -2.42. The van der Waals surface area contributed by atoms with Gasteiger partial charge in [-0.25, -0.2) is 0 Å². The number of nitrogens with zero attached hydrogens (tertiary/aromatic N) is 5. The van der Waals surface area contributed by atoms with E-state index < -0.39 is 0 Å². The van der Waals surface area contributed by atoms with Gasteiger partial charge in [-0.2, -0.15) is 0 Å². The Morgan fingerprint density at radius 2 is 1.79 bits per heavy atom. The van der Waals surface area contributed by atoms with E-state index in [9.17, 15) is 4.79 Å². The van der Waals surface area contributed by atoms with Gasteiger partial charge in [0.15, 0.2) is 0 Å². The Labute approximate surface area is 171 Å². The number of likely N-dealkylation sites (tertiary alicyclic amines) is 1. The predicted octanol–water partition coefficient (Wildman–Crippen LogP) is 2.29. The lowest BCUT2D eigenvalue weighted by molar-refractivity contribution is -0.0711. The third-order valence-electron chi connectivity index (χ3n) is 6.44. The van der Waals surface area contributed by atoms with Crippen LogP contribution in [0.4, 0.5) is 0 Å². The minimum absolute atomic E-state index is 0.0192. The SMILES string of the molecule is O=C(c1nnc2n1CCCC2)N1CCO[C@@H](CN2CCCC2)[C@@H]1c1ccccc1. The molecule has 2 fully saturated rings. The topological polar surface area (TPSA) is 63.5 Å². The van der Waals surface area contributed by atoms with Crippen LogP contribution in [0.15, 0.2) is 30.3 Å². The van der Waals surface area contributed by atoms with Crippen molar-refractivity contribution in [2.45, 2.75) is 50.8 Å². The highest BCUT2D eigenvalue weighted by Crippen LogP contribution is 2.32. The van der Waals surface area contributed by atoms with E-state index in [2.05, 4.69) is 27.2 Å². The first-order valence-corrected chi connectivity index (χ1v) is 10.9. The highest BCUT2D eigenvalue weighted by Gasteiger charge is 2.39. The molecule has 2 aromatic rings. The Morgan fingerprint density at radius 1 is 1.00 bits per heavy atom. The summed E-state index contributed by atoms with van der Waals surface area (Å²) >= 11 is 0. The van der Waals surface area contributed by atoms with Crippen molar-refractivity contribution in [2.75, 3.05) is 32.8 Å². The number of carbonyl (C=O) groups excluding carboxylic acids is 1. The molecule has 0 saturated carbocycles. The van der Waals surface area contributed by atoms with Crippen molar-refractivity contribution in [3.63, 3.8) is 0 Å². The molecule has 7 nitrogen and oxygen atoms in total. The van der Waals surface area contributed by atoms with E-state index in [4.69, 9.17) is 4.74 Å². The zero-order chi connectivity index (χ0) is 19.6. The number of hydrogen-bond acceptors (Lipinski definition) is 5. The van der Waals surface area contributed by atoms with Gasteiger partial charge in [0.05, 0.1) is 18.8 Å². The van der Waals surface area contributed by atoms with Crippen LogP contribution in [0.25, 0.3) is 0 Å². The number of aromatic nitrogens is 3. The number of aryl methyl sites for hydroxylation is 1. The molecule has 0 unspecified atom stereocenters. The van der Waals surface area contributed by atoms with E-state index in [1.54, 1.807) is 0 Å². The van der Waals surface area contributed by atoms with Gasteiger partial charge in [-0.1, -0.05) is 30.3 Å². The third-order valence-corrected chi connectivity index (χ3v) is 6.44. The van der Waals surface area contributed by atoms with Gasteiger partial charge in [0.1, 0.15) is 5.82 Å². The summed E-state index contributed by atoms with van der Waals surface area (Å²) in [5, 5.41) is 8.60. The zero-order valence-corrected chi connectivity index (χ0v) is 16.9. The Balaban J connectivity index is 1.46. The molecule has 7 heteroatoms. The minimum atomic E-state index is -0.102. The van der Waals surface area contributed by atoms with Crippen molar-refractivity contribution in [2.24, 2.45) is 0 Å². The first-order chi connectivity index (χ1) is 14.3. The molecule has 2 atom stereocenters. The molecule has 0 spiro atoms. The van der Waals surface area contributed by atoms with Gasteiger partial charge in [-0.05, 0) is 44.3 Å². The first kappa shape index (κ1) is 18.8. The van der Waals surface area contributed by atoms with Gasteiger partial charge in [-0.15, -0.1) is 10.2 Å². The molecule has 3 aliphatic heterocycles. The molecular formula is C22H29N5O2. The lowest BCUT2D eigenvalue weighted by atomic mass is 9.97. The third kappa shape index (κ3) is 3.69. The van der Waals surface area contributed by atoms with Crippen LogP contribution in [0.5, 0.6) is 0 Å². The largest absolute Gasteiger partial charge is 0.373 e.